The summed E-state index contributed by atoms with van der Waals surface area (Å²) in [4.78, 5) is 68.1. The molecular formula is C24H32N6O9. The second-order valence-corrected chi connectivity index (χ2v) is 8.87. The van der Waals surface area contributed by atoms with E-state index in [1.54, 1.807) is 0 Å². The number of nitrogens with two attached hydrogens (primary N) is 1. The fourth-order valence-electron chi connectivity index (χ4n) is 3.46. The van der Waals surface area contributed by atoms with Crippen LogP contribution in [-0.4, -0.2) is 90.3 Å². The highest BCUT2D eigenvalue weighted by molar-refractivity contribution is 5.94. The van der Waals surface area contributed by atoms with Crippen LogP contribution in [0, 0.1) is 0 Å². The number of benzene rings is 1. The van der Waals surface area contributed by atoms with Crippen molar-refractivity contribution in [1.82, 2.24) is 25.9 Å². The number of phenolic OH excluding ortho intramolecular Hbond substituents is 1. The Hall–Kier alpha value is -4.50. The number of nitrogens with one attached hydrogen (secondary N) is 4. The third-order valence-electron chi connectivity index (χ3n) is 5.70. The molecule has 15 nitrogen and oxygen atoms in total. The number of carbonyl (C=O) groups excluding carboxylic acids is 3. The lowest BCUT2D eigenvalue weighted by molar-refractivity contribution is -0.143. The summed E-state index contributed by atoms with van der Waals surface area (Å²) >= 11 is 0. The van der Waals surface area contributed by atoms with E-state index in [2.05, 4.69) is 25.9 Å². The molecule has 2 aromatic rings. The summed E-state index contributed by atoms with van der Waals surface area (Å²) in [6.45, 7) is 1.30. The Bertz CT molecular complexity index is 1140. The molecule has 5 atom stereocenters. The molecule has 0 saturated heterocycles. The van der Waals surface area contributed by atoms with Crippen LogP contribution >= 0.6 is 0 Å². The number of H-pyrrole nitrogens is 1. The van der Waals surface area contributed by atoms with E-state index < -0.39 is 72.8 Å². The van der Waals surface area contributed by atoms with Gasteiger partial charge in [0.1, 0.15) is 29.9 Å². The van der Waals surface area contributed by atoms with E-state index in [0.29, 0.717) is 11.3 Å². The third-order valence-corrected chi connectivity index (χ3v) is 5.70. The molecule has 1 aromatic carbocycles. The predicted molar refractivity (Wildman–Crippen MR) is 134 cm³/mol. The van der Waals surface area contributed by atoms with E-state index in [-0.39, 0.29) is 18.6 Å². The molecule has 0 aliphatic rings. The summed E-state index contributed by atoms with van der Waals surface area (Å²) < 4.78 is 0. The normalized spacial score (nSPS) is 14.7. The first-order chi connectivity index (χ1) is 18.4. The number of aromatic hydroxyl groups is 1. The lowest BCUT2D eigenvalue weighted by Crippen LogP contribution is -2.59. The van der Waals surface area contributed by atoms with Crippen LogP contribution in [0.3, 0.4) is 0 Å². The van der Waals surface area contributed by atoms with Crippen LogP contribution in [0.4, 0.5) is 0 Å². The average Bonchev–Trinajstić information content (AvgIpc) is 3.39. The van der Waals surface area contributed by atoms with Crippen molar-refractivity contribution in [3.8, 4) is 5.75 Å². The highest BCUT2D eigenvalue weighted by atomic mass is 16.4. The monoisotopic (exact) mass is 548 g/mol. The smallest absolute Gasteiger partial charge is 0.326 e. The molecule has 0 aliphatic heterocycles. The van der Waals surface area contributed by atoms with Gasteiger partial charge in [0, 0.05) is 31.2 Å². The summed E-state index contributed by atoms with van der Waals surface area (Å²) in [5, 5.41) is 44.7. The van der Waals surface area contributed by atoms with Gasteiger partial charge in [0.2, 0.25) is 17.7 Å². The fraction of sp³-hybridized carbons (Fsp3) is 0.417. The van der Waals surface area contributed by atoms with Crippen molar-refractivity contribution in [2.75, 3.05) is 0 Å². The zero-order valence-corrected chi connectivity index (χ0v) is 21.0. The van der Waals surface area contributed by atoms with Gasteiger partial charge in [-0.2, -0.15) is 0 Å². The molecule has 0 radical (unpaired) electrons. The van der Waals surface area contributed by atoms with Crippen molar-refractivity contribution in [2.24, 2.45) is 5.73 Å². The molecule has 1 heterocycles. The molecule has 39 heavy (non-hydrogen) atoms. The van der Waals surface area contributed by atoms with Gasteiger partial charge < -0.3 is 47.1 Å². The van der Waals surface area contributed by atoms with Crippen LogP contribution in [0.1, 0.15) is 31.0 Å². The Morgan fingerprint density at radius 3 is 2.00 bits per heavy atom. The first-order valence-electron chi connectivity index (χ1n) is 11.9. The van der Waals surface area contributed by atoms with E-state index in [1.807, 2.05) is 0 Å². The van der Waals surface area contributed by atoms with Crippen LogP contribution in [0.15, 0.2) is 36.8 Å². The number of carboxylic acid groups (broad SMARTS) is 2. The number of rotatable bonds is 15. The van der Waals surface area contributed by atoms with Crippen molar-refractivity contribution >= 4 is 29.7 Å². The zero-order valence-electron chi connectivity index (χ0n) is 21.0. The summed E-state index contributed by atoms with van der Waals surface area (Å²) in [5.41, 5.74) is 6.64. The molecule has 0 aliphatic carbocycles. The summed E-state index contributed by atoms with van der Waals surface area (Å²) in [6.07, 6.45) is 0.418. The predicted octanol–water partition coefficient (Wildman–Crippen LogP) is -1.99. The summed E-state index contributed by atoms with van der Waals surface area (Å²) in [7, 11) is 0. The topological polar surface area (TPSA) is 257 Å². The van der Waals surface area contributed by atoms with Crippen molar-refractivity contribution in [2.45, 2.75) is 62.9 Å². The lowest BCUT2D eigenvalue weighted by atomic mass is 10.0. The van der Waals surface area contributed by atoms with E-state index in [1.165, 1.54) is 43.7 Å². The number of aromatic amines is 1. The Morgan fingerprint density at radius 2 is 1.49 bits per heavy atom. The van der Waals surface area contributed by atoms with Crippen molar-refractivity contribution < 1.29 is 44.4 Å². The minimum atomic E-state index is -1.54. The number of phenols is 1. The highest BCUT2D eigenvalue weighted by Gasteiger charge is 2.31. The molecule has 10 N–H and O–H groups in total. The molecule has 0 fully saturated rings. The van der Waals surface area contributed by atoms with E-state index in [4.69, 9.17) is 10.8 Å². The van der Waals surface area contributed by atoms with Gasteiger partial charge in [-0.25, -0.2) is 9.78 Å². The highest BCUT2D eigenvalue weighted by Crippen LogP contribution is 2.12. The number of aliphatic hydroxyl groups is 1. The number of nitrogens with zero attached hydrogens (tertiary/aromatic N) is 1. The van der Waals surface area contributed by atoms with Gasteiger partial charge in [-0.1, -0.05) is 12.1 Å². The van der Waals surface area contributed by atoms with E-state index in [0.717, 1.165) is 0 Å². The van der Waals surface area contributed by atoms with Gasteiger partial charge in [0.15, 0.2) is 0 Å². The molecule has 1 aromatic heterocycles. The molecule has 0 bridgehead atoms. The minimum absolute atomic E-state index is 0.0415. The number of imidazole rings is 1. The van der Waals surface area contributed by atoms with Crippen LogP contribution in [0.2, 0.25) is 0 Å². The van der Waals surface area contributed by atoms with Crippen LogP contribution < -0.4 is 21.7 Å². The van der Waals surface area contributed by atoms with Gasteiger partial charge in [0.05, 0.1) is 12.4 Å². The molecule has 212 valence electrons. The Morgan fingerprint density at radius 1 is 0.923 bits per heavy atom. The number of aliphatic carboxylic acids is 2. The maximum absolute atomic E-state index is 13.3. The van der Waals surface area contributed by atoms with Gasteiger partial charge >= 0.3 is 11.9 Å². The van der Waals surface area contributed by atoms with Crippen LogP contribution in [0.25, 0.3) is 0 Å². The average molecular weight is 549 g/mol. The molecule has 2 rings (SSSR count). The second kappa shape index (κ2) is 14.4. The van der Waals surface area contributed by atoms with Crippen molar-refractivity contribution in [1.29, 1.82) is 0 Å². The quantitative estimate of drug-likeness (QED) is 0.118. The summed E-state index contributed by atoms with van der Waals surface area (Å²) in [5.74, 6) is -5.33. The molecule has 3 amide bonds. The number of hydrogen-bond donors (Lipinski definition) is 9. The lowest BCUT2D eigenvalue weighted by Gasteiger charge is -2.25. The summed E-state index contributed by atoms with van der Waals surface area (Å²) in [6, 6.07) is 0.176. The SMILES string of the molecule is CC(O)C(N)C(=O)NC(Cc1cnc[nH]1)C(=O)NC(Cc1ccc(O)cc1)C(=O)NC(CCC(=O)O)C(=O)O. The standard InChI is InChI=1S/C24H32N6O9/c1-12(31)20(25)23(37)30-18(9-14-10-26-11-27-14)22(36)29-17(8-13-2-4-15(32)5-3-13)21(35)28-16(24(38)39)6-7-19(33)34/h2-5,10-12,16-18,20,31-32H,6-9,25H2,1H3,(H,26,27)(H,28,35)(H,29,36)(H,30,37)(H,33,34)(H,38,39). The molecule has 0 spiro atoms. The number of carbonyl (C=O) groups is 5. The van der Waals surface area contributed by atoms with E-state index >= 15 is 0 Å². The first kappa shape index (κ1) is 30.7. The van der Waals surface area contributed by atoms with Gasteiger partial charge in [-0.3, -0.25) is 19.2 Å². The number of aliphatic hydroxyl groups excluding tert-OH is 1. The van der Waals surface area contributed by atoms with Crippen LogP contribution in [0.5, 0.6) is 5.75 Å². The number of hydrogen-bond acceptors (Lipinski definition) is 9. The van der Waals surface area contributed by atoms with E-state index in [9.17, 15) is 39.3 Å². The number of carboxylic acids is 2. The van der Waals surface area contributed by atoms with Gasteiger partial charge in [-0.15, -0.1) is 0 Å². The molecule has 5 unspecified atom stereocenters. The van der Waals surface area contributed by atoms with Crippen molar-refractivity contribution in [3.63, 3.8) is 0 Å². The third kappa shape index (κ3) is 10.1. The largest absolute Gasteiger partial charge is 0.508 e. The Balaban J connectivity index is 2.30. The zero-order chi connectivity index (χ0) is 29.1. The molecular weight excluding hydrogens is 516 g/mol. The minimum Gasteiger partial charge on any atom is -0.508 e. The fourth-order valence-corrected chi connectivity index (χ4v) is 3.46. The maximum atomic E-state index is 13.3. The molecule has 15 heteroatoms. The maximum Gasteiger partial charge on any atom is 0.326 e. The number of aromatic nitrogens is 2. The van der Waals surface area contributed by atoms with Crippen molar-refractivity contribution in [3.05, 3.63) is 48.0 Å². The second-order valence-electron chi connectivity index (χ2n) is 8.87. The Kier molecular flexibility index (Phi) is 11.4. The Labute approximate surface area is 222 Å². The number of amides is 3. The van der Waals surface area contributed by atoms with Gasteiger partial charge in [-0.05, 0) is 31.0 Å². The van der Waals surface area contributed by atoms with Gasteiger partial charge in [0.25, 0.3) is 0 Å². The molecule has 0 saturated carbocycles. The first-order valence-corrected chi connectivity index (χ1v) is 11.9. The van der Waals surface area contributed by atoms with Crippen LogP contribution in [-0.2, 0) is 36.8 Å².